The van der Waals surface area contributed by atoms with Gasteiger partial charge >= 0.3 is 0 Å². The molecule has 0 saturated heterocycles. The predicted octanol–water partition coefficient (Wildman–Crippen LogP) is 1.67. The topological polar surface area (TPSA) is 133 Å². The van der Waals surface area contributed by atoms with E-state index in [1.165, 1.54) is 13.0 Å². The number of sulfonamides is 1. The van der Waals surface area contributed by atoms with E-state index >= 15 is 0 Å². The van der Waals surface area contributed by atoms with Gasteiger partial charge in [0.2, 0.25) is 21.8 Å². The fourth-order valence-electron chi connectivity index (χ4n) is 2.95. The molecule has 2 aromatic rings. The van der Waals surface area contributed by atoms with Crippen molar-refractivity contribution < 1.29 is 26.8 Å². The number of amides is 2. The van der Waals surface area contributed by atoms with Crippen LogP contribution in [-0.2, 0) is 26.2 Å². The normalized spacial score (nSPS) is 13.2. The van der Waals surface area contributed by atoms with Crippen LogP contribution in [-0.4, -0.2) is 42.9 Å². The van der Waals surface area contributed by atoms with Gasteiger partial charge in [-0.2, -0.15) is 9.57 Å². The molecule has 0 heterocycles. The van der Waals surface area contributed by atoms with E-state index in [1.807, 2.05) is 0 Å². The Morgan fingerprint density at radius 2 is 1.72 bits per heavy atom. The Bertz CT molecular complexity index is 1150. The molecule has 11 heteroatoms. The van der Waals surface area contributed by atoms with Gasteiger partial charge in [-0.05, 0) is 35.7 Å². The molecule has 2 amide bonds. The summed E-state index contributed by atoms with van der Waals surface area (Å²) >= 11 is 0. The SMILES string of the molecule is C[C@@H](C(=O)N[C@H](C#N)CC(N)=O)N(Cc1ccc(-c2ccc(F)c(F)c2)cc1)S(C)(=O)=O. The molecule has 0 unspecified atom stereocenters. The quantitative estimate of drug-likeness (QED) is 0.582. The minimum Gasteiger partial charge on any atom is -0.370 e. The number of halogens is 2. The number of benzene rings is 2. The van der Waals surface area contributed by atoms with E-state index in [0.29, 0.717) is 16.7 Å². The van der Waals surface area contributed by atoms with E-state index < -0.39 is 52.0 Å². The molecule has 3 N–H and O–H groups in total. The highest BCUT2D eigenvalue weighted by Crippen LogP contribution is 2.23. The van der Waals surface area contributed by atoms with Gasteiger partial charge in [-0.3, -0.25) is 9.59 Å². The van der Waals surface area contributed by atoms with Crippen molar-refractivity contribution in [3.63, 3.8) is 0 Å². The van der Waals surface area contributed by atoms with E-state index in [0.717, 1.165) is 22.7 Å². The molecule has 0 aliphatic heterocycles. The third-order valence-corrected chi connectivity index (χ3v) is 5.96. The van der Waals surface area contributed by atoms with Crippen molar-refractivity contribution >= 4 is 21.8 Å². The molecule has 0 aliphatic carbocycles. The van der Waals surface area contributed by atoms with Crippen LogP contribution < -0.4 is 11.1 Å². The van der Waals surface area contributed by atoms with Crippen molar-refractivity contribution in [1.29, 1.82) is 5.26 Å². The Kier molecular flexibility index (Phi) is 8.02. The predicted molar refractivity (Wildman–Crippen MR) is 113 cm³/mol. The monoisotopic (exact) mass is 464 g/mol. The van der Waals surface area contributed by atoms with E-state index in [4.69, 9.17) is 11.0 Å². The molecule has 0 aliphatic rings. The first-order valence-corrected chi connectivity index (χ1v) is 11.3. The number of nitrogens with zero attached hydrogens (tertiary/aromatic N) is 2. The molecule has 0 radical (unpaired) electrons. The van der Waals surface area contributed by atoms with Crippen LogP contribution in [0, 0.1) is 23.0 Å². The van der Waals surface area contributed by atoms with Gasteiger partial charge in [-0.25, -0.2) is 17.2 Å². The van der Waals surface area contributed by atoms with Gasteiger partial charge in [0.05, 0.1) is 18.7 Å². The number of nitrogens with two attached hydrogens (primary N) is 1. The summed E-state index contributed by atoms with van der Waals surface area (Å²) in [6, 6.07) is 9.28. The largest absolute Gasteiger partial charge is 0.370 e. The molecule has 0 bridgehead atoms. The van der Waals surface area contributed by atoms with Crippen LogP contribution in [0.1, 0.15) is 18.9 Å². The Balaban J connectivity index is 2.20. The molecular weight excluding hydrogens is 442 g/mol. The van der Waals surface area contributed by atoms with Crippen LogP contribution in [0.15, 0.2) is 42.5 Å². The van der Waals surface area contributed by atoms with Crippen LogP contribution >= 0.6 is 0 Å². The van der Waals surface area contributed by atoms with Crippen molar-refractivity contribution in [1.82, 2.24) is 9.62 Å². The van der Waals surface area contributed by atoms with Gasteiger partial charge in [-0.1, -0.05) is 30.3 Å². The molecule has 170 valence electrons. The van der Waals surface area contributed by atoms with E-state index in [2.05, 4.69) is 5.32 Å². The maximum absolute atomic E-state index is 13.5. The Hall–Kier alpha value is -3.36. The number of carbonyl (C=O) groups is 2. The minimum absolute atomic E-state index is 0.154. The summed E-state index contributed by atoms with van der Waals surface area (Å²) in [5.41, 5.74) is 6.61. The molecule has 0 spiro atoms. The Morgan fingerprint density at radius 1 is 1.12 bits per heavy atom. The third-order valence-electron chi connectivity index (χ3n) is 4.66. The van der Waals surface area contributed by atoms with Gasteiger partial charge in [0.1, 0.15) is 12.1 Å². The van der Waals surface area contributed by atoms with E-state index in [-0.39, 0.29) is 6.54 Å². The van der Waals surface area contributed by atoms with Crippen molar-refractivity contribution in [3.05, 3.63) is 59.7 Å². The first-order chi connectivity index (χ1) is 14.9. The lowest BCUT2D eigenvalue weighted by Crippen LogP contribution is -2.50. The maximum atomic E-state index is 13.5. The first-order valence-electron chi connectivity index (χ1n) is 9.42. The maximum Gasteiger partial charge on any atom is 0.239 e. The fourth-order valence-corrected chi connectivity index (χ4v) is 4.01. The third kappa shape index (κ3) is 6.57. The zero-order valence-electron chi connectivity index (χ0n) is 17.4. The fraction of sp³-hybridized carbons (Fsp3) is 0.286. The van der Waals surface area contributed by atoms with Gasteiger partial charge in [0, 0.05) is 6.54 Å². The summed E-state index contributed by atoms with van der Waals surface area (Å²) in [4.78, 5) is 23.5. The average Bonchev–Trinajstić information content (AvgIpc) is 2.72. The van der Waals surface area contributed by atoms with Gasteiger partial charge in [0.25, 0.3) is 0 Å². The number of nitriles is 1. The highest BCUT2D eigenvalue weighted by atomic mass is 32.2. The number of nitrogens with one attached hydrogen (secondary N) is 1. The zero-order chi connectivity index (χ0) is 24.1. The summed E-state index contributed by atoms with van der Waals surface area (Å²) in [6.07, 6.45) is 0.539. The second-order valence-electron chi connectivity index (χ2n) is 7.17. The molecule has 2 aromatic carbocycles. The number of hydrogen-bond acceptors (Lipinski definition) is 5. The first kappa shape index (κ1) is 24.9. The Labute approximate surface area is 184 Å². The average molecular weight is 464 g/mol. The standard InChI is InChI=1S/C21H22F2N4O4S/c1-13(21(29)26-17(11-24)10-20(25)28)27(32(2,30)31)12-14-3-5-15(6-4-14)16-7-8-18(22)19(23)9-16/h3-9,13,17H,10,12H2,1-2H3,(H2,25,28)(H,26,29)/t13-,17-/m0/s1. The summed E-state index contributed by atoms with van der Waals surface area (Å²) < 4.78 is 52.1. The smallest absolute Gasteiger partial charge is 0.239 e. The highest BCUT2D eigenvalue weighted by Gasteiger charge is 2.30. The molecular formula is C21H22F2N4O4S. The molecule has 32 heavy (non-hydrogen) atoms. The lowest BCUT2D eigenvalue weighted by molar-refractivity contribution is -0.125. The molecule has 0 saturated carbocycles. The molecule has 0 aromatic heterocycles. The minimum atomic E-state index is -3.84. The lowest BCUT2D eigenvalue weighted by atomic mass is 10.0. The molecule has 2 rings (SSSR count). The van der Waals surface area contributed by atoms with Crippen LogP contribution in [0.25, 0.3) is 11.1 Å². The number of rotatable bonds is 9. The molecule has 0 fully saturated rings. The summed E-state index contributed by atoms with van der Waals surface area (Å²) in [6.45, 7) is 1.20. The Morgan fingerprint density at radius 3 is 2.22 bits per heavy atom. The van der Waals surface area contributed by atoms with Crippen LogP contribution in [0.5, 0.6) is 0 Å². The molecule has 2 atom stereocenters. The van der Waals surface area contributed by atoms with Crippen LogP contribution in [0.2, 0.25) is 0 Å². The van der Waals surface area contributed by atoms with Crippen molar-refractivity contribution in [2.24, 2.45) is 5.73 Å². The van der Waals surface area contributed by atoms with Crippen molar-refractivity contribution in [2.45, 2.75) is 32.0 Å². The van der Waals surface area contributed by atoms with E-state index in [1.54, 1.807) is 30.3 Å². The summed E-state index contributed by atoms with van der Waals surface area (Å²) in [7, 11) is -3.84. The zero-order valence-corrected chi connectivity index (χ0v) is 18.2. The highest BCUT2D eigenvalue weighted by molar-refractivity contribution is 7.88. The van der Waals surface area contributed by atoms with Crippen LogP contribution in [0.3, 0.4) is 0 Å². The van der Waals surface area contributed by atoms with Crippen molar-refractivity contribution in [3.8, 4) is 17.2 Å². The molecule has 8 nitrogen and oxygen atoms in total. The van der Waals surface area contributed by atoms with Gasteiger partial charge in [-0.15, -0.1) is 0 Å². The number of carbonyl (C=O) groups excluding carboxylic acids is 2. The second-order valence-corrected chi connectivity index (χ2v) is 9.11. The lowest BCUT2D eigenvalue weighted by Gasteiger charge is -2.27. The number of hydrogen-bond donors (Lipinski definition) is 2. The second kappa shape index (κ2) is 10.3. The summed E-state index contributed by atoms with van der Waals surface area (Å²) in [5.74, 6) is -3.50. The number of primary amides is 1. The van der Waals surface area contributed by atoms with Crippen LogP contribution in [0.4, 0.5) is 8.78 Å². The van der Waals surface area contributed by atoms with Gasteiger partial charge < -0.3 is 11.1 Å². The summed E-state index contributed by atoms with van der Waals surface area (Å²) in [5, 5.41) is 11.3. The van der Waals surface area contributed by atoms with E-state index in [9.17, 15) is 26.8 Å². The van der Waals surface area contributed by atoms with Crippen molar-refractivity contribution in [2.75, 3.05) is 6.26 Å². The van der Waals surface area contributed by atoms with Gasteiger partial charge in [0.15, 0.2) is 11.6 Å².